The lowest BCUT2D eigenvalue weighted by molar-refractivity contribution is 0.00578. The number of hydrogen-bond donors (Lipinski definition) is 0. The maximum absolute atomic E-state index is 6.56. The van der Waals surface area contributed by atoms with E-state index in [4.69, 9.17) is 13.7 Å². The average molecular weight is 470 g/mol. The van der Waals surface area contributed by atoms with Crippen LogP contribution in [0.3, 0.4) is 0 Å². The van der Waals surface area contributed by atoms with Crippen LogP contribution < -0.4 is 5.46 Å². The first-order valence-corrected chi connectivity index (χ1v) is 12.5. The molecule has 0 radical (unpaired) electrons. The van der Waals surface area contributed by atoms with Crippen LogP contribution in [0.25, 0.3) is 54.6 Å². The first-order chi connectivity index (χ1) is 17.3. The average Bonchev–Trinajstić information content (AvgIpc) is 3.33. The normalized spacial score (nSPS) is 17.1. The van der Waals surface area contributed by atoms with Gasteiger partial charge in [0, 0.05) is 10.8 Å². The summed E-state index contributed by atoms with van der Waals surface area (Å²) in [6.45, 7) is 8.38. The zero-order valence-electron chi connectivity index (χ0n) is 21.0. The van der Waals surface area contributed by atoms with Gasteiger partial charge in [-0.15, -0.1) is 0 Å². The zero-order chi connectivity index (χ0) is 24.7. The van der Waals surface area contributed by atoms with Crippen LogP contribution >= 0.6 is 0 Å². The van der Waals surface area contributed by atoms with Crippen molar-refractivity contribution in [3.63, 3.8) is 0 Å². The number of hydrogen-bond acceptors (Lipinski definition) is 3. The Balaban J connectivity index is 1.51. The van der Waals surface area contributed by atoms with Crippen LogP contribution in [-0.4, -0.2) is 18.3 Å². The Kier molecular flexibility index (Phi) is 4.49. The Bertz CT molecular complexity index is 1800. The topological polar surface area (TPSA) is 31.6 Å². The van der Waals surface area contributed by atoms with Crippen molar-refractivity contribution in [2.45, 2.75) is 38.9 Å². The van der Waals surface area contributed by atoms with Crippen LogP contribution in [0.1, 0.15) is 27.7 Å². The lowest BCUT2D eigenvalue weighted by Crippen LogP contribution is -2.41. The predicted molar refractivity (Wildman–Crippen MR) is 150 cm³/mol. The highest BCUT2D eigenvalue weighted by Gasteiger charge is 2.52. The number of fused-ring (bicyclic) bond motifs is 5. The highest BCUT2D eigenvalue weighted by molar-refractivity contribution is 6.66. The fourth-order valence-corrected chi connectivity index (χ4v) is 5.31. The van der Waals surface area contributed by atoms with Gasteiger partial charge in [-0.3, -0.25) is 0 Å². The summed E-state index contributed by atoms with van der Waals surface area (Å²) in [6, 6.07) is 32.2. The van der Waals surface area contributed by atoms with Crippen molar-refractivity contribution in [3.05, 3.63) is 91.0 Å². The SMILES string of the molecule is CC1(C)OB(c2cc(-c3ccc4ccccc4c3)cc3oc4cc5ccccc5cc4c23)OC1(C)C. The molecule has 7 rings (SSSR count). The second kappa shape index (κ2) is 7.46. The van der Waals surface area contributed by atoms with Gasteiger partial charge in [0.2, 0.25) is 0 Å². The second-order valence-corrected chi connectivity index (χ2v) is 10.9. The van der Waals surface area contributed by atoms with Crippen LogP contribution in [-0.2, 0) is 9.31 Å². The standard InChI is InChI=1S/C32H27BO3/c1-31(2)32(3,4)36-33(35-31)27-17-25(24-14-13-20-9-5-6-10-21(20)15-24)19-29-30(27)26-16-22-11-7-8-12-23(22)18-28(26)34-29/h5-19H,1-4H3. The van der Waals surface area contributed by atoms with Gasteiger partial charge in [0.25, 0.3) is 0 Å². The Morgan fingerprint density at radius 3 is 1.86 bits per heavy atom. The Hall–Kier alpha value is -3.60. The molecule has 0 atom stereocenters. The minimum Gasteiger partial charge on any atom is -0.456 e. The summed E-state index contributed by atoms with van der Waals surface area (Å²) >= 11 is 0. The molecule has 0 spiro atoms. The Morgan fingerprint density at radius 1 is 0.556 bits per heavy atom. The van der Waals surface area contributed by atoms with Gasteiger partial charge in [-0.25, -0.2) is 0 Å². The van der Waals surface area contributed by atoms with Gasteiger partial charge in [0.15, 0.2) is 0 Å². The van der Waals surface area contributed by atoms with E-state index in [0.717, 1.165) is 43.9 Å². The van der Waals surface area contributed by atoms with Crippen LogP contribution in [0.15, 0.2) is 95.4 Å². The van der Waals surface area contributed by atoms with Crippen molar-refractivity contribution in [2.75, 3.05) is 0 Å². The smallest absolute Gasteiger partial charge is 0.456 e. The highest BCUT2D eigenvalue weighted by Crippen LogP contribution is 2.40. The molecule has 6 aromatic rings. The van der Waals surface area contributed by atoms with Gasteiger partial charge in [0.05, 0.1) is 11.2 Å². The maximum atomic E-state index is 6.56. The molecular formula is C32H27BO3. The molecule has 1 aliphatic heterocycles. The first-order valence-electron chi connectivity index (χ1n) is 12.5. The second-order valence-electron chi connectivity index (χ2n) is 10.9. The molecule has 1 fully saturated rings. The van der Waals surface area contributed by atoms with E-state index in [1.165, 1.54) is 16.2 Å². The monoisotopic (exact) mass is 470 g/mol. The van der Waals surface area contributed by atoms with Crippen LogP contribution in [0.2, 0.25) is 0 Å². The van der Waals surface area contributed by atoms with Gasteiger partial charge in [-0.1, -0.05) is 66.7 Å². The zero-order valence-corrected chi connectivity index (χ0v) is 21.0. The van der Waals surface area contributed by atoms with Gasteiger partial charge in [-0.05, 0) is 90.1 Å². The molecule has 0 amide bonds. The van der Waals surface area contributed by atoms with Crippen LogP contribution in [0.4, 0.5) is 0 Å². The summed E-state index contributed by atoms with van der Waals surface area (Å²) in [5.41, 5.74) is 4.07. The maximum Gasteiger partial charge on any atom is 0.495 e. The lowest BCUT2D eigenvalue weighted by atomic mass is 9.75. The predicted octanol–water partition coefficient (Wildman–Crippen LogP) is 7.86. The molecule has 3 nitrogen and oxygen atoms in total. The Morgan fingerprint density at radius 2 is 1.17 bits per heavy atom. The molecule has 36 heavy (non-hydrogen) atoms. The highest BCUT2D eigenvalue weighted by atomic mass is 16.7. The van der Waals surface area contributed by atoms with E-state index in [-0.39, 0.29) is 0 Å². The van der Waals surface area contributed by atoms with E-state index in [9.17, 15) is 0 Å². The molecule has 0 bridgehead atoms. The third-order valence-electron chi connectivity index (χ3n) is 8.06. The number of furan rings is 1. The van der Waals surface area contributed by atoms with E-state index in [1.807, 2.05) is 0 Å². The first kappa shape index (κ1) is 21.7. The molecule has 0 saturated carbocycles. The molecule has 176 valence electrons. The van der Waals surface area contributed by atoms with Crippen molar-refractivity contribution in [1.29, 1.82) is 0 Å². The van der Waals surface area contributed by atoms with Gasteiger partial charge < -0.3 is 13.7 Å². The van der Waals surface area contributed by atoms with Gasteiger partial charge in [0.1, 0.15) is 11.2 Å². The van der Waals surface area contributed by atoms with Gasteiger partial charge in [-0.2, -0.15) is 0 Å². The van der Waals surface area contributed by atoms with E-state index < -0.39 is 18.3 Å². The molecule has 0 N–H and O–H groups in total. The van der Waals surface area contributed by atoms with Crippen molar-refractivity contribution in [2.24, 2.45) is 0 Å². The minimum atomic E-state index is -0.495. The molecule has 2 heterocycles. The minimum absolute atomic E-state index is 0.435. The summed E-state index contributed by atoms with van der Waals surface area (Å²) in [4.78, 5) is 0. The molecule has 1 aliphatic rings. The third kappa shape index (κ3) is 3.22. The summed E-state index contributed by atoms with van der Waals surface area (Å²) in [5.74, 6) is 0. The van der Waals surface area contributed by atoms with E-state index in [1.54, 1.807) is 0 Å². The third-order valence-corrected chi connectivity index (χ3v) is 8.06. The molecule has 5 aromatic carbocycles. The van der Waals surface area contributed by atoms with Crippen molar-refractivity contribution in [1.82, 2.24) is 0 Å². The molecule has 4 heteroatoms. The molecule has 0 aliphatic carbocycles. The molecule has 1 aromatic heterocycles. The molecular weight excluding hydrogens is 443 g/mol. The van der Waals surface area contributed by atoms with Crippen LogP contribution in [0.5, 0.6) is 0 Å². The quantitative estimate of drug-likeness (QED) is 0.242. The number of benzene rings is 5. The fraction of sp³-hybridized carbons (Fsp3) is 0.188. The summed E-state index contributed by atoms with van der Waals surface area (Å²) in [5, 5.41) is 6.92. The summed E-state index contributed by atoms with van der Waals surface area (Å²) < 4.78 is 19.6. The van der Waals surface area contributed by atoms with E-state index in [2.05, 4.69) is 119 Å². The summed E-state index contributed by atoms with van der Waals surface area (Å²) in [6.07, 6.45) is 0. The van der Waals surface area contributed by atoms with E-state index >= 15 is 0 Å². The molecule has 0 unspecified atom stereocenters. The van der Waals surface area contributed by atoms with Gasteiger partial charge >= 0.3 is 7.12 Å². The number of rotatable bonds is 2. The van der Waals surface area contributed by atoms with Crippen molar-refractivity contribution >= 4 is 56.1 Å². The largest absolute Gasteiger partial charge is 0.495 e. The Labute approximate surface area is 210 Å². The summed E-state index contributed by atoms with van der Waals surface area (Å²) in [7, 11) is -0.495. The fourth-order valence-electron chi connectivity index (χ4n) is 5.31. The van der Waals surface area contributed by atoms with Crippen molar-refractivity contribution < 1.29 is 13.7 Å². The lowest BCUT2D eigenvalue weighted by Gasteiger charge is -2.32. The van der Waals surface area contributed by atoms with Crippen molar-refractivity contribution in [3.8, 4) is 11.1 Å². The molecule has 1 saturated heterocycles. The van der Waals surface area contributed by atoms with E-state index in [0.29, 0.717) is 0 Å². The van der Waals surface area contributed by atoms with Crippen LogP contribution in [0, 0.1) is 0 Å².